The molecule has 0 bridgehead atoms. The lowest BCUT2D eigenvalue weighted by Crippen LogP contribution is -2.42. The first-order valence-electron chi connectivity index (χ1n) is 4.00. The van der Waals surface area contributed by atoms with Gasteiger partial charge in [0.1, 0.15) is 5.70 Å². The van der Waals surface area contributed by atoms with Crippen molar-refractivity contribution in [3.05, 3.63) is 11.8 Å². The summed E-state index contributed by atoms with van der Waals surface area (Å²) in [6, 6.07) is 0.0978. The average molecular weight is 179 g/mol. The third kappa shape index (κ3) is 1.50. The van der Waals surface area contributed by atoms with E-state index in [-0.39, 0.29) is 17.7 Å². The van der Waals surface area contributed by atoms with E-state index < -0.39 is 5.97 Å². The molecular formula is C8H9N3O2. The third-order valence-electron chi connectivity index (χ3n) is 2.05. The molecule has 2 unspecified atom stereocenters. The number of hydrogen-bond acceptors (Lipinski definition) is 4. The van der Waals surface area contributed by atoms with E-state index in [1.54, 1.807) is 18.5 Å². The Balaban J connectivity index is 2.24. The van der Waals surface area contributed by atoms with Crippen LogP contribution >= 0.6 is 0 Å². The predicted molar refractivity (Wildman–Crippen MR) is 48.0 cm³/mol. The van der Waals surface area contributed by atoms with Crippen LogP contribution in [0.15, 0.2) is 21.8 Å². The smallest absolute Gasteiger partial charge is 0.354 e. The van der Waals surface area contributed by atoms with Crippen molar-refractivity contribution in [1.82, 2.24) is 5.32 Å². The minimum atomic E-state index is -0.992. The molecule has 0 saturated heterocycles. The number of carboxylic acids is 1. The molecule has 2 atom stereocenters. The first-order valence-corrected chi connectivity index (χ1v) is 4.00. The number of aliphatic imine (C=N–C) groups is 2. The highest BCUT2D eigenvalue weighted by Crippen LogP contribution is 2.14. The van der Waals surface area contributed by atoms with Crippen LogP contribution in [-0.4, -0.2) is 36.2 Å². The first kappa shape index (κ1) is 8.12. The van der Waals surface area contributed by atoms with Crippen molar-refractivity contribution < 1.29 is 9.90 Å². The van der Waals surface area contributed by atoms with Crippen molar-refractivity contribution in [2.24, 2.45) is 15.9 Å². The van der Waals surface area contributed by atoms with Crippen LogP contribution in [0.5, 0.6) is 0 Å². The maximum absolute atomic E-state index is 10.6. The number of carbonyl (C=O) groups is 1. The molecule has 0 aromatic heterocycles. The van der Waals surface area contributed by atoms with E-state index in [0.717, 1.165) is 0 Å². The summed E-state index contributed by atoms with van der Waals surface area (Å²) in [6.45, 7) is 0.573. The Hall–Kier alpha value is -1.49. The second-order valence-electron chi connectivity index (χ2n) is 2.93. The Morgan fingerprint density at radius 2 is 2.46 bits per heavy atom. The maximum atomic E-state index is 10.6. The van der Waals surface area contributed by atoms with E-state index >= 15 is 0 Å². The summed E-state index contributed by atoms with van der Waals surface area (Å²) < 4.78 is 0. The Morgan fingerprint density at radius 1 is 1.62 bits per heavy atom. The first-order chi connectivity index (χ1) is 6.27. The van der Waals surface area contributed by atoms with Crippen LogP contribution in [-0.2, 0) is 4.79 Å². The zero-order valence-electron chi connectivity index (χ0n) is 6.84. The van der Waals surface area contributed by atoms with Crippen LogP contribution in [0.25, 0.3) is 0 Å². The molecule has 0 aliphatic carbocycles. The molecule has 0 radical (unpaired) electrons. The number of nitrogens with zero attached hydrogens (tertiary/aromatic N) is 2. The largest absolute Gasteiger partial charge is 0.477 e. The summed E-state index contributed by atoms with van der Waals surface area (Å²) in [4.78, 5) is 18.4. The Labute approximate surface area is 74.9 Å². The van der Waals surface area contributed by atoms with E-state index in [0.29, 0.717) is 6.67 Å². The highest BCUT2D eigenvalue weighted by molar-refractivity contribution is 5.92. The molecule has 5 heteroatoms. The van der Waals surface area contributed by atoms with Gasteiger partial charge in [-0.15, -0.1) is 0 Å². The molecule has 13 heavy (non-hydrogen) atoms. The van der Waals surface area contributed by atoms with Gasteiger partial charge in [0.25, 0.3) is 0 Å². The topological polar surface area (TPSA) is 74.0 Å². The Bertz CT molecular complexity index is 319. The molecule has 0 spiro atoms. The maximum Gasteiger partial charge on any atom is 0.354 e. The zero-order valence-corrected chi connectivity index (χ0v) is 6.84. The molecule has 0 aromatic carbocycles. The number of aliphatic carboxylic acids is 1. The van der Waals surface area contributed by atoms with Gasteiger partial charge in [-0.1, -0.05) is 0 Å². The monoisotopic (exact) mass is 179 g/mol. The summed E-state index contributed by atoms with van der Waals surface area (Å²) in [7, 11) is 0. The van der Waals surface area contributed by atoms with Crippen molar-refractivity contribution in [1.29, 1.82) is 0 Å². The molecule has 0 aromatic rings. The quantitative estimate of drug-likeness (QED) is 0.578. The molecule has 0 saturated carbocycles. The van der Waals surface area contributed by atoms with Crippen molar-refractivity contribution in [2.45, 2.75) is 6.04 Å². The van der Waals surface area contributed by atoms with Gasteiger partial charge in [-0.2, -0.15) is 0 Å². The van der Waals surface area contributed by atoms with E-state index in [2.05, 4.69) is 15.3 Å². The van der Waals surface area contributed by atoms with E-state index in [4.69, 9.17) is 5.11 Å². The summed E-state index contributed by atoms with van der Waals surface area (Å²) >= 11 is 0. The highest BCUT2D eigenvalue weighted by Gasteiger charge is 2.24. The second kappa shape index (κ2) is 3.10. The number of carboxylic acid groups (broad SMARTS) is 1. The fourth-order valence-corrected chi connectivity index (χ4v) is 1.37. The van der Waals surface area contributed by atoms with Gasteiger partial charge in [0.15, 0.2) is 0 Å². The molecular weight excluding hydrogens is 170 g/mol. The molecule has 5 nitrogen and oxygen atoms in total. The SMILES string of the molecule is O=C(O)C1=CC2C=NCNC2C=N1. The van der Waals surface area contributed by atoms with Gasteiger partial charge in [-0.05, 0) is 6.08 Å². The lowest BCUT2D eigenvalue weighted by atomic mass is 9.97. The van der Waals surface area contributed by atoms with Crippen molar-refractivity contribution in [3.8, 4) is 0 Å². The van der Waals surface area contributed by atoms with Crippen LogP contribution in [0.1, 0.15) is 0 Å². The lowest BCUT2D eigenvalue weighted by Gasteiger charge is -2.24. The molecule has 2 heterocycles. The van der Waals surface area contributed by atoms with Gasteiger partial charge >= 0.3 is 5.97 Å². The summed E-state index contributed by atoms with van der Waals surface area (Å²) in [5.41, 5.74) is 0.0939. The number of fused-ring (bicyclic) bond motifs is 1. The van der Waals surface area contributed by atoms with Gasteiger partial charge in [0.05, 0.1) is 12.7 Å². The summed E-state index contributed by atoms with van der Waals surface area (Å²) in [5.74, 6) is -0.967. The number of hydrogen-bond donors (Lipinski definition) is 2. The van der Waals surface area contributed by atoms with E-state index in [1.165, 1.54) is 0 Å². The predicted octanol–water partition coefficient (Wildman–Crippen LogP) is -0.344. The Kier molecular flexibility index (Phi) is 1.94. The summed E-state index contributed by atoms with van der Waals surface area (Å²) in [6.07, 6.45) is 5.00. The molecule has 0 fully saturated rings. The van der Waals surface area contributed by atoms with Crippen LogP contribution < -0.4 is 5.32 Å². The van der Waals surface area contributed by atoms with E-state index in [1.807, 2.05) is 0 Å². The van der Waals surface area contributed by atoms with Crippen LogP contribution in [0.2, 0.25) is 0 Å². The van der Waals surface area contributed by atoms with Gasteiger partial charge in [0.2, 0.25) is 0 Å². The van der Waals surface area contributed by atoms with Crippen LogP contribution in [0, 0.1) is 5.92 Å². The fourth-order valence-electron chi connectivity index (χ4n) is 1.37. The van der Waals surface area contributed by atoms with Crippen molar-refractivity contribution >= 4 is 18.4 Å². The number of rotatable bonds is 1. The zero-order chi connectivity index (χ0) is 9.26. The minimum Gasteiger partial charge on any atom is -0.477 e. The van der Waals surface area contributed by atoms with Crippen molar-refractivity contribution in [3.63, 3.8) is 0 Å². The highest BCUT2D eigenvalue weighted by atomic mass is 16.4. The third-order valence-corrected chi connectivity index (χ3v) is 2.05. The van der Waals surface area contributed by atoms with Gasteiger partial charge in [0, 0.05) is 18.3 Å². The van der Waals surface area contributed by atoms with E-state index in [9.17, 15) is 4.79 Å². The minimum absolute atomic E-state index is 0.0253. The van der Waals surface area contributed by atoms with Gasteiger partial charge in [-0.3, -0.25) is 15.3 Å². The normalized spacial score (nSPS) is 30.9. The number of nitrogens with one attached hydrogen (secondary N) is 1. The van der Waals surface area contributed by atoms with Crippen LogP contribution in [0.4, 0.5) is 0 Å². The van der Waals surface area contributed by atoms with Gasteiger partial charge < -0.3 is 5.11 Å². The van der Waals surface area contributed by atoms with Gasteiger partial charge in [-0.25, -0.2) is 4.79 Å². The molecule has 2 aliphatic rings. The second-order valence-corrected chi connectivity index (χ2v) is 2.93. The van der Waals surface area contributed by atoms with Crippen LogP contribution in [0.3, 0.4) is 0 Å². The molecule has 68 valence electrons. The Morgan fingerprint density at radius 3 is 3.23 bits per heavy atom. The lowest BCUT2D eigenvalue weighted by molar-refractivity contribution is -0.132. The molecule has 2 aliphatic heterocycles. The fraction of sp³-hybridized carbons (Fsp3) is 0.375. The standard InChI is InChI=1S/C8H9N3O2/c12-8(13)6-1-5-2-9-4-11-7(5)3-10-6/h1-3,5,7,11H,4H2,(H,12,13). The molecule has 0 amide bonds. The van der Waals surface area contributed by atoms with Crippen molar-refractivity contribution in [2.75, 3.05) is 6.67 Å². The average Bonchev–Trinajstić information content (AvgIpc) is 2.17. The summed E-state index contributed by atoms with van der Waals surface area (Å²) in [5, 5.41) is 11.8. The molecule has 2 N–H and O–H groups in total. The molecule has 2 rings (SSSR count).